The Morgan fingerprint density at radius 1 is 1.12 bits per heavy atom. The average Bonchev–Trinajstić information content (AvgIpc) is 3.09. The van der Waals surface area contributed by atoms with Crippen molar-refractivity contribution in [3.63, 3.8) is 0 Å². The van der Waals surface area contributed by atoms with E-state index in [9.17, 15) is 9.59 Å². The molecular formula is C19H15IN2O3S. The van der Waals surface area contributed by atoms with E-state index in [2.05, 4.69) is 27.6 Å². The monoisotopic (exact) mass is 478 g/mol. The lowest BCUT2D eigenvalue weighted by molar-refractivity contribution is -0.115. The molecule has 3 rings (SSSR count). The van der Waals surface area contributed by atoms with Crippen LogP contribution in [0.5, 0.6) is 0 Å². The van der Waals surface area contributed by atoms with Crippen LogP contribution in [0.4, 0.5) is 10.8 Å². The molecule has 3 aromatic rings. The first-order valence-electron chi connectivity index (χ1n) is 7.77. The molecule has 1 aromatic heterocycles. The van der Waals surface area contributed by atoms with Crippen molar-refractivity contribution >= 4 is 56.6 Å². The number of carbonyl (C=O) groups excluding carboxylic acids is 2. The van der Waals surface area contributed by atoms with Gasteiger partial charge in [0.25, 0.3) is 0 Å². The minimum atomic E-state index is -0.401. The van der Waals surface area contributed by atoms with Gasteiger partial charge in [-0.15, -0.1) is 11.3 Å². The SMILES string of the molecule is CC(=O)N(c1ccccc1)c1nc(COC(=O)c2ccc(I)cc2)cs1. The maximum Gasteiger partial charge on any atom is 0.338 e. The highest BCUT2D eigenvalue weighted by Gasteiger charge is 2.18. The Morgan fingerprint density at radius 2 is 1.81 bits per heavy atom. The molecule has 26 heavy (non-hydrogen) atoms. The second-order valence-electron chi connectivity index (χ2n) is 5.39. The largest absolute Gasteiger partial charge is 0.456 e. The van der Waals surface area contributed by atoms with E-state index >= 15 is 0 Å². The molecule has 0 bridgehead atoms. The summed E-state index contributed by atoms with van der Waals surface area (Å²) in [5, 5.41) is 2.33. The standard InChI is InChI=1S/C19H15IN2O3S/c1-13(23)22(17-5-3-2-4-6-17)19-21-16(12-26-19)11-25-18(24)14-7-9-15(20)10-8-14/h2-10,12H,11H2,1H3. The van der Waals surface area contributed by atoms with E-state index in [1.165, 1.54) is 23.2 Å². The van der Waals surface area contributed by atoms with Crippen molar-refractivity contribution in [2.45, 2.75) is 13.5 Å². The first-order chi connectivity index (χ1) is 12.5. The molecule has 0 saturated heterocycles. The minimum Gasteiger partial charge on any atom is -0.456 e. The molecule has 0 N–H and O–H groups in total. The number of hydrogen-bond acceptors (Lipinski definition) is 5. The van der Waals surface area contributed by atoms with E-state index < -0.39 is 5.97 Å². The Hall–Kier alpha value is -2.26. The topological polar surface area (TPSA) is 59.5 Å². The normalized spacial score (nSPS) is 10.4. The summed E-state index contributed by atoms with van der Waals surface area (Å²) in [6, 6.07) is 16.5. The summed E-state index contributed by atoms with van der Waals surface area (Å²) in [5.41, 5.74) is 1.85. The number of benzene rings is 2. The summed E-state index contributed by atoms with van der Waals surface area (Å²) in [6.45, 7) is 1.55. The van der Waals surface area contributed by atoms with Gasteiger partial charge in [0.2, 0.25) is 5.91 Å². The van der Waals surface area contributed by atoms with Crippen LogP contribution in [-0.2, 0) is 16.1 Å². The second-order valence-corrected chi connectivity index (χ2v) is 7.48. The molecule has 0 aliphatic carbocycles. The van der Waals surface area contributed by atoms with Gasteiger partial charge in [-0.1, -0.05) is 18.2 Å². The van der Waals surface area contributed by atoms with Crippen molar-refractivity contribution in [2.75, 3.05) is 4.90 Å². The van der Waals surface area contributed by atoms with E-state index in [1.54, 1.807) is 17.5 Å². The summed E-state index contributed by atoms with van der Waals surface area (Å²) in [4.78, 5) is 30.1. The number of hydrogen-bond donors (Lipinski definition) is 0. The molecule has 0 unspecified atom stereocenters. The lowest BCUT2D eigenvalue weighted by Gasteiger charge is -2.17. The molecule has 0 fully saturated rings. The fraction of sp³-hybridized carbons (Fsp3) is 0.105. The molecule has 0 aliphatic heterocycles. The Kier molecular flexibility index (Phi) is 6.00. The highest BCUT2D eigenvalue weighted by atomic mass is 127. The molecule has 0 atom stereocenters. The van der Waals surface area contributed by atoms with Gasteiger partial charge < -0.3 is 4.74 Å². The Labute approximate surface area is 168 Å². The summed E-state index contributed by atoms with van der Waals surface area (Å²) in [5.74, 6) is -0.532. The zero-order valence-corrected chi connectivity index (χ0v) is 16.9. The number of para-hydroxylation sites is 1. The lowest BCUT2D eigenvalue weighted by Crippen LogP contribution is -2.22. The van der Waals surface area contributed by atoms with E-state index in [4.69, 9.17) is 4.74 Å². The summed E-state index contributed by atoms with van der Waals surface area (Å²) in [7, 11) is 0. The van der Waals surface area contributed by atoms with Crippen LogP contribution < -0.4 is 4.90 Å². The van der Waals surface area contributed by atoms with Gasteiger partial charge in [0.05, 0.1) is 16.9 Å². The van der Waals surface area contributed by atoms with Crippen LogP contribution in [0.15, 0.2) is 60.0 Å². The van der Waals surface area contributed by atoms with E-state index in [1.807, 2.05) is 42.5 Å². The predicted molar refractivity (Wildman–Crippen MR) is 110 cm³/mol. The maximum absolute atomic E-state index is 12.1. The van der Waals surface area contributed by atoms with Crippen molar-refractivity contribution in [1.82, 2.24) is 4.98 Å². The molecule has 0 aliphatic rings. The molecule has 0 spiro atoms. The third-order valence-corrected chi connectivity index (χ3v) is 5.09. The smallest absolute Gasteiger partial charge is 0.338 e. The van der Waals surface area contributed by atoms with Crippen LogP contribution in [0.3, 0.4) is 0 Å². The molecule has 1 amide bonds. The number of nitrogens with zero attached hydrogens (tertiary/aromatic N) is 2. The highest BCUT2D eigenvalue weighted by Crippen LogP contribution is 2.28. The van der Waals surface area contributed by atoms with Crippen LogP contribution >= 0.6 is 33.9 Å². The van der Waals surface area contributed by atoms with Crippen LogP contribution in [0, 0.1) is 3.57 Å². The van der Waals surface area contributed by atoms with Gasteiger partial charge in [0.15, 0.2) is 5.13 Å². The quantitative estimate of drug-likeness (QED) is 0.391. The molecule has 5 nitrogen and oxygen atoms in total. The first kappa shape index (κ1) is 18.5. The fourth-order valence-corrected chi connectivity index (χ4v) is 3.51. The number of carbonyl (C=O) groups is 2. The average molecular weight is 478 g/mol. The second kappa shape index (κ2) is 8.41. The van der Waals surface area contributed by atoms with Gasteiger partial charge in [-0.25, -0.2) is 9.78 Å². The van der Waals surface area contributed by atoms with E-state index in [0.29, 0.717) is 16.4 Å². The molecule has 2 aromatic carbocycles. The van der Waals surface area contributed by atoms with Gasteiger partial charge in [0.1, 0.15) is 6.61 Å². The Bertz CT molecular complexity index is 910. The summed E-state index contributed by atoms with van der Waals surface area (Å²) in [6.07, 6.45) is 0. The highest BCUT2D eigenvalue weighted by molar-refractivity contribution is 14.1. The van der Waals surface area contributed by atoms with Crippen molar-refractivity contribution < 1.29 is 14.3 Å². The molecule has 0 radical (unpaired) electrons. The number of rotatable bonds is 5. The predicted octanol–water partition coefficient (Wildman–Crippen LogP) is 4.79. The number of amides is 1. The van der Waals surface area contributed by atoms with Gasteiger partial charge in [-0.2, -0.15) is 0 Å². The molecule has 132 valence electrons. The van der Waals surface area contributed by atoms with Crippen LogP contribution in [0.2, 0.25) is 0 Å². The van der Waals surface area contributed by atoms with Crippen LogP contribution in [-0.4, -0.2) is 16.9 Å². The fourth-order valence-electron chi connectivity index (χ4n) is 2.28. The summed E-state index contributed by atoms with van der Waals surface area (Å²) < 4.78 is 6.36. The van der Waals surface area contributed by atoms with E-state index in [-0.39, 0.29) is 12.5 Å². The summed E-state index contributed by atoms with van der Waals surface area (Å²) >= 11 is 3.51. The minimum absolute atomic E-state index is 0.0574. The van der Waals surface area contributed by atoms with Crippen LogP contribution in [0.1, 0.15) is 23.0 Å². The maximum atomic E-state index is 12.1. The van der Waals surface area contributed by atoms with Crippen molar-refractivity contribution in [1.29, 1.82) is 0 Å². The number of thiazole rings is 1. The third-order valence-electron chi connectivity index (χ3n) is 3.49. The Morgan fingerprint density at radius 3 is 2.46 bits per heavy atom. The molecule has 1 heterocycles. The van der Waals surface area contributed by atoms with Gasteiger partial charge in [-0.3, -0.25) is 9.69 Å². The van der Waals surface area contributed by atoms with Crippen molar-refractivity contribution in [3.8, 4) is 0 Å². The molecule has 7 heteroatoms. The zero-order chi connectivity index (χ0) is 18.5. The number of halogens is 1. The number of ether oxygens (including phenoxy) is 1. The number of anilines is 2. The van der Waals surface area contributed by atoms with Crippen molar-refractivity contribution in [3.05, 3.63) is 74.8 Å². The number of aromatic nitrogens is 1. The van der Waals surface area contributed by atoms with Gasteiger partial charge in [-0.05, 0) is 59.0 Å². The van der Waals surface area contributed by atoms with Gasteiger partial charge >= 0.3 is 5.97 Å². The number of esters is 1. The third kappa shape index (κ3) is 4.47. The molecular weight excluding hydrogens is 463 g/mol. The van der Waals surface area contributed by atoms with Crippen LogP contribution in [0.25, 0.3) is 0 Å². The first-order valence-corrected chi connectivity index (χ1v) is 9.73. The Balaban J connectivity index is 1.70. The van der Waals surface area contributed by atoms with Crippen molar-refractivity contribution in [2.24, 2.45) is 0 Å². The lowest BCUT2D eigenvalue weighted by atomic mass is 10.2. The van der Waals surface area contributed by atoms with E-state index in [0.717, 1.165) is 9.26 Å². The molecule has 0 saturated carbocycles. The zero-order valence-electron chi connectivity index (χ0n) is 13.9. The van der Waals surface area contributed by atoms with Gasteiger partial charge in [0, 0.05) is 15.9 Å².